The van der Waals surface area contributed by atoms with Gasteiger partial charge in [0.05, 0.1) is 0 Å². The van der Waals surface area contributed by atoms with E-state index in [9.17, 15) is 5.11 Å². The van der Waals surface area contributed by atoms with Crippen LogP contribution in [0.4, 0.5) is 0 Å². The first kappa shape index (κ1) is 16.5. The molecule has 23 heavy (non-hydrogen) atoms. The van der Waals surface area contributed by atoms with Crippen molar-refractivity contribution >= 4 is 11.6 Å². The first-order valence-electron chi connectivity index (χ1n) is 8.17. The Balaban J connectivity index is 1.67. The zero-order valence-electron chi connectivity index (χ0n) is 13.7. The number of rotatable bonds is 4. The number of aryl methyl sites for hydroxylation is 2. The van der Waals surface area contributed by atoms with E-state index in [1.54, 1.807) is 6.20 Å². The highest BCUT2D eigenvalue weighted by Crippen LogP contribution is 2.29. The summed E-state index contributed by atoms with van der Waals surface area (Å²) in [6.45, 7) is 4.99. The van der Waals surface area contributed by atoms with Crippen LogP contribution >= 0.6 is 11.6 Å². The molecule has 2 atom stereocenters. The zero-order valence-corrected chi connectivity index (χ0v) is 14.5. The Hall–Kier alpha value is -1.36. The van der Waals surface area contributed by atoms with Crippen molar-refractivity contribution in [2.75, 3.05) is 13.1 Å². The first-order chi connectivity index (χ1) is 11.0. The van der Waals surface area contributed by atoms with Crippen molar-refractivity contribution in [3.8, 4) is 0 Å². The third-order valence-corrected chi connectivity index (χ3v) is 5.05. The normalized spacial score (nSPS) is 20.6. The second-order valence-corrected chi connectivity index (χ2v) is 6.99. The van der Waals surface area contributed by atoms with Crippen molar-refractivity contribution in [2.24, 2.45) is 13.0 Å². The topological polar surface area (TPSA) is 41.3 Å². The van der Waals surface area contributed by atoms with Crippen molar-refractivity contribution in [3.63, 3.8) is 0 Å². The summed E-state index contributed by atoms with van der Waals surface area (Å²) in [6, 6.07) is 6.07. The van der Waals surface area contributed by atoms with E-state index < -0.39 is 6.10 Å². The summed E-state index contributed by atoms with van der Waals surface area (Å²) in [4.78, 5) is 6.73. The maximum Gasteiger partial charge on any atom is 0.137 e. The number of nitrogens with zero attached hydrogens (tertiary/aromatic N) is 3. The first-order valence-corrected chi connectivity index (χ1v) is 8.55. The van der Waals surface area contributed by atoms with Crippen LogP contribution in [0.25, 0.3) is 0 Å². The van der Waals surface area contributed by atoms with Crippen molar-refractivity contribution in [1.82, 2.24) is 14.5 Å². The Morgan fingerprint density at radius 2 is 2.26 bits per heavy atom. The van der Waals surface area contributed by atoms with Crippen LogP contribution in [0.5, 0.6) is 0 Å². The molecular formula is C18H24ClN3O. The molecule has 1 aromatic carbocycles. The molecule has 2 aromatic rings. The van der Waals surface area contributed by atoms with Crippen molar-refractivity contribution < 1.29 is 5.11 Å². The number of piperidine rings is 1. The molecule has 1 aliphatic heterocycles. The van der Waals surface area contributed by atoms with Gasteiger partial charge in [-0.2, -0.15) is 0 Å². The molecule has 0 bridgehead atoms. The average molecular weight is 334 g/mol. The summed E-state index contributed by atoms with van der Waals surface area (Å²) in [6.07, 6.45) is 5.29. The monoisotopic (exact) mass is 333 g/mol. The zero-order chi connectivity index (χ0) is 16.4. The fourth-order valence-electron chi connectivity index (χ4n) is 3.44. The fraction of sp³-hybridized carbons (Fsp3) is 0.500. The molecule has 0 radical (unpaired) electrons. The van der Waals surface area contributed by atoms with Gasteiger partial charge in [-0.15, -0.1) is 0 Å². The highest BCUT2D eigenvalue weighted by atomic mass is 35.5. The third-order valence-electron chi connectivity index (χ3n) is 4.81. The molecule has 0 amide bonds. The lowest BCUT2D eigenvalue weighted by Crippen LogP contribution is -2.38. The lowest BCUT2D eigenvalue weighted by molar-refractivity contribution is 0.0404. The molecule has 1 aromatic heterocycles. The number of aliphatic hydroxyl groups excluding tert-OH is 1. The molecule has 1 saturated heterocycles. The van der Waals surface area contributed by atoms with Gasteiger partial charge in [0.15, 0.2) is 0 Å². The highest BCUT2D eigenvalue weighted by Gasteiger charge is 2.29. The summed E-state index contributed by atoms with van der Waals surface area (Å²) in [5.74, 6) is 0.997. The minimum Gasteiger partial charge on any atom is -0.385 e. The van der Waals surface area contributed by atoms with Gasteiger partial charge in [-0.05, 0) is 49.6 Å². The van der Waals surface area contributed by atoms with Crippen LogP contribution in [-0.2, 0) is 13.6 Å². The van der Waals surface area contributed by atoms with Gasteiger partial charge in [-0.3, -0.25) is 4.90 Å². The van der Waals surface area contributed by atoms with Gasteiger partial charge in [-0.25, -0.2) is 4.98 Å². The molecule has 3 rings (SSSR count). The summed E-state index contributed by atoms with van der Waals surface area (Å²) < 4.78 is 1.91. The second-order valence-electron chi connectivity index (χ2n) is 6.55. The number of imidazole rings is 1. The van der Waals surface area contributed by atoms with Crippen molar-refractivity contribution in [3.05, 3.63) is 52.6 Å². The minimum atomic E-state index is -0.496. The number of aliphatic hydroxyl groups is 1. The molecule has 2 unspecified atom stereocenters. The molecule has 0 spiro atoms. The van der Waals surface area contributed by atoms with Gasteiger partial charge >= 0.3 is 0 Å². The smallest absolute Gasteiger partial charge is 0.137 e. The summed E-state index contributed by atoms with van der Waals surface area (Å²) in [5, 5.41) is 11.4. The molecule has 5 heteroatoms. The van der Waals surface area contributed by atoms with Crippen LogP contribution in [0.3, 0.4) is 0 Å². The maximum atomic E-state index is 10.7. The lowest BCUT2D eigenvalue weighted by Gasteiger charge is -2.35. The van der Waals surface area contributed by atoms with Crippen LogP contribution in [0.15, 0.2) is 30.6 Å². The molecule has 1 fully saturated rings. The van der Waals surface area contributed by atoms with Crippen LogP contribution < -0.4 is 0 Å². The van der Waals surface area contributed by atoms with Crippen LogP contribution in [0.1, 0.15) is 35.9 Å². The number of hydrogen-bond acceptors (Lipinski definition) is 3. The molecule has 1 aliphatic rings. The Kier molecular flexibility index (Phi) is 5.05. The van der Waals surface area contributed by atoms with Gasteiger partial charge in [0.2, 0.25) is 0 Å². The van der Waals surface area contributed by atoms with Gasteiger partial charge < -0.3 is 9.67 Å². The van der Waals surface area contributed by atoms with E-state index in [2.05, 4.69) is 22.9 Å². The molecule has 124 valence electrons. The number of hydrogen-bond donors (Lipinski definition) is 1. The molecule has 4 nitrogen and oxygen atoms in total. The van der Waals surface area contributed by atoms with Gasteiger partial charge in [0, 0.05) is 43.5 Å². The molecular weight excluding hydrogens is 310 g/mol. The predicted molar refractivity (Wildman–Crippen MR) is 92.4 cm³/mol. The van der Waals surface area contributed by atoms with Crippen molar-refractivity contribution in [1.29, 1.82) is 0 Å². The van der Waals surface area contributed by atoms with Crippen LogP contribution in [-0.4, -0.2) is 32.6 Å². The Labute approximate surface area is 142 Å². The number of likely N-dealkylation sites (tertiary alicyclic amines) is 1. The largest absolute Gasteiger partial charge is 0.385 e. The van der Waals surface area contributed by atoms with E-state index in [0.717, 1.165) is 43.3 Å². The minimum absolute atomic E-state index is 0.234. The molecule has 0 aliphatic carbocycles. The van der Waals surface area contributed by atoms with E-state index in [-0.39, 0.29) is 5.92 Å². The summed E-state index contributed by atoms with van der Waals surface area (Å²) in [5.41, 5.74) is 2.53. The lowest BCUT2D eigenvalue weighted by atomic mass is 9.91. The number of benzene rings is 1. The van der Waals surface area contributed by atoms with Gasteiger partial charge in [0.1, 0.15) is 11.9 Å². The number of aromatic nitrogens is 2. The van der Waals surface area contributed by atoms with E-state index in [1.807, 2.05) is 29.9 Å². The van der Waals surface area contributed by atoms with E-state index in [4.69, 9.17) is 11.6 Å². The number of halogens is 1. The Bertz CT molecular complexity index is 670. The maximum absolute atomic E-state index is 10.7. The van der Waals surface area contributed by atoms with E-state index in [1.165, 1.54) is 11.1 Å². The Morgan fingerprint density at radius 1 is 1.43 bits per heavy atom. The highest BCUT2D eigenvalue weighted by molar-refractivity contribution is 6.30. The summed E-state index contributed by atoms with van der Waals surface area (Å²) in [7, 11) is 1.93. The standard InChI is InChI=1S/C18H24ClN3O/c1-13-10-16(19)6-5-14(13)11-22-8-3-4-15(12-22)17(23)18-20-7-9-21(18)2/h5-7,9-10,15,17,23H,3-4,8,11-12H2,1-2H3. The summed E-state index contributed by atoms with van der Waals surface area (Å²) >= 11 is 6.04. The van der Waals surface area contributed by atoms with E-state index in [0.29, 0.717) is 0 Å². The van der Waals surface area contributed by atoms with Crippen LogP contribution in [0.2, 0.25) is 5.02 Å². The van der Waals surface area contributed by atoms with E-state index >= 15 is 0 Å². The van der Waals surface area contributed by atoms with Crippen LogP contribution in [0, 0.1) is 12.8 Å². The molecule has 1 N–H and O–H groups in total. The second kappa shape index (κ2) is 7.04. The quantitative estimate of drug-likeness (QED) is 0.933. The average Bonchev–Trinajstić information content (AvgIpc) is 2.96. The van der Waals surface area contributed by atoms with Gasteiger partial charge in [-0.1, -0.05) is 17.7 Å². The third kappa shape index (κ3) is 3.77. The molecule has 2 heterocycles. The van der Waals surface area contributed by atoms with Crippen molar-refractivity contribution in [2.45, 2.75) is 32.4 Å². The van der Waals surface area contributed by atoms with Gasteiger partial charge in [0.25, 0.3) is 0 Å². The SMILES string of the molecule is Cc1cc(Cl)ccc1CN1CCCC(C(O)c2nccn2C)C1. The Morgan fingerprint density at radius 3 is 2.96 bits per heavy atom. The molecule has 0 saturated carbocycles. The fourth-order valence-corrected chi connectivity index (χ4v) is 3.67. The predicted octanol–water partition coefficient (Wildman–Crippen LogP) is 3.33.